The molecule has 4 heteroatoms. The third kappa shape index (κ3) is 3.61. The van der Waals surface area contributed by atoms with E-state index in [9.17, 15) is 4.79 Å². The summed E-state index contributed by atoms with van der Waals surface area (Å²) in [5.74, 6) is 2.77. The number of carbonyl (C=O) groups excluding carboxylic acids is 1. The monoisotopic (exact) mass is 254 g/mol. The Labute approximate surface area is 110 Å². The van der Waals surface area contributed by atoms with Crippen molar-refractivity contribution >= 4 is 6.03 Å². The molecule has 0 heterocycles. The fourth-order valence-corrected chi connectivity index (χ4v) is 3.64. The zero-order valence-electron chi connectivity index (χ0n) is 11.3. The summed E-state index contributed by atoms with van der Waals surface area (Å²) in [5.41, 5.74) is 0. The third-order valence-electron chi connectivity index (χ3n) is 4.62. The Balaban J connectivity index is 1.56. The molecule has 0 aliphatic heterocycles. The minimum Gasteiger partial charge on any atom is -0.396 e. The molecule has 0 saturated heterocycles. The lowest BCUT2D eigenvalue weighted by Gasteiger charge is -2.21. The van der Waals surface area contributed by atoms with Gasteiger partial charge in [-0.15, -0.1) is 0 Å². The highest BCUT2D eigenvalue weighted by Crippen LogP contribution is 2.49. The van der Waals surface area contributed by atoms with E-state index in [1.807, 2.05) is 6.92 Å². The summed E-state index contributed by atoms with van der Waals surface area (Å²) >= 11 is 0. The standard InChI is InChI=1S/C14H26N2O2/c1-10(5-7-17)16-14(18)15-6-4-13-9-11-2-3-12(13)8-11/h10-13,17H,2-9H2,1H3,(H2,15,16,18)/t10-,11?,12?,13?/m1/s1. The van der Waals surface area contributed by atoms with Crippen LogP contribution in [0.15, 0.2) is 0 Å². The lowest BCUT2D eigenvalue weighted by Crippen LogP contribution is -2.41. The van der Waals surface area contributed by atoms with Crippen LogP contribution in [0.1, 0.15) is 45.4 Å². The Morgan fingerprint density at radius 2 is 2.22 bits per heavy atom. The quantitative estimate of drug-likeness (QED) is 0.678. The zero-order valence-corrected chi connectivity index (χ0v) is 11.3. The van der Waals surface area contributed by atoms with Gasteiger partial charge in [-0.05, 0) is 56.8 Å². The van der Waals surface area contributed by atoms with Gasteiger partial charge in [0.2, 0.25) is 0 Å². The molecule has 2 aliphatic rings. The van der Waals surface area contributed by atoms with Crippen molar-refractivity contribution in [3.05, 3.63) is 0 Å². The molecule has 4 nitrogen and oxygen atoms in total. The number of fused-ring (bicyclic) bond motifs is 2. The van der Waals surface area contributed by atoms with Gasteiger partial charge in [-0.2, -0.15) is 0 Å². The Kier molecular flexibility index (Phi) is 4.87. The number of nitrogens with one attached hydrogen (secondary N) is 2. The Bertz CT molecular complexity index is 283. The lowest BCUT2D eigenvalue weighted by atomic mass is 9.86. The summed E-state index contributed by atoms with van der Waals surface area (Å²) < 4.78 is 0. The number of carbonyl (C=O) groups is 1. The van der Waals surface area contributed by atoms with E-state index in [0.717, 1.165) is 30.7 Å². The van der Waals surface area contributed by atoms with E-state index in [4.69, 9.17) is 5.11 Å². The zero-order chi connectivity index (χ0) is 13.0. The van der Waals surface area contributed by atoms with Crippen molar-refractivity contribution in [2.45, 2.75) is 51.5 Å². The number of hydrogen-bond acceptors (Lipinski definition) is 2. The minimum absolute atomic E-state index is 0.0393. The Hall–Kier alpha value is -0.770. The van der Waals surface area contributed by atoms with Crippen LogP contribution in [-0.2, 0) is 0 Å². The first kappa shape index (κ1) is 13.7. The van der Waals surface area contributed by atoms with Crippen LogP contribution >= 0.6 is 0 Å². The van der Waals surface area contributed by atoms with Gasteiger partial charge in [-0.1, -0.05) is 6.42 Å². The first-order chi connectivity index (χ1) is 8.69. The fraction of sp³-hybridized carbons (Fsp3) is 0.929. The molecule has 2 aliphatic carbocycles. The second kappa shape index (κ2) is 6.41. The molecule has 3 N–H and O–H groups in total. The molecule has 104 valence electrons. The predicted molar refractivity (Wildman–Crippen MR) is 71.3 cm³/mol. The van der Waals surface area contributed by atoms with E-state index in [1.54, 1.807) is 0 Å². The van der Waals surface area contributed by atoms with Crippen LogP contribution in [0.2, 0.25) is 0 Å². The van der Waals surface area contributed by atoms with E-state index >= 15 is 0 Å². The van der Waals surface area contributed by atoms with Crippen LogP contribution in [0.3, 0.4) is 0 Å². The highest BCUT2D eigenvalue weighted by atomic mass is 16.3. The topological polar surface area (TPSA) is 61.4 Å². The third-order valence-corrected chi connectivity index (χ3v) is 4.62. The lowest BCUT2D eigenvalue weighted by molar-refractivity contribution is 0.229. The second-order valence-electron chi connectivity index (χ2n) is 6.04. The van der Waals surface area contributed by atoms with Crippen molar-refractivity contribution in [2.24, 2.45) is 17.8 Å². The number of aliphatic hydroxyl groups is 1. The Morgan fingerprint density at radius 3 is 2.83 bits per heavy atom. The first-order valence-electron chi connectivity index (χ1n) is 7.34. The molecule has 2 amide bonds. The van der Waals surface area contributed by atoms with Gasteiger partial charge in [0.05, 0.1) is 0 Å². The molecule has 3 unspecified atom stereocenters. The van der Waals surface area contributed by atoms with Crippen molar-refractivity contribution in [3.63, 3.8) is 0 Å². The number of hydrogen-bond donors (Lipinski definition) is 3. The van der Waals surface area contributed by atoms with Gasteiger partial charge in [-0.25, -0.2) is 4.79 Å². The summed E-state index contributed by atoms with van der Waals surface area (Å²) in [6.07, 6.45) is 7.41. The van der Waals surface area contributed by atoms with Crippen molar-refractivity contribution in [3.8, 4) is 0 Å². The van der Waals surface area contributed by atoms with E-state index in [0.29, 0.717) is 6.42 Å². The molecule has 0 spiro atoms. The smallest absolute Gasteiger partial charge is 0.314 e. The van der Waals surface area contributed by atoms with E-state index < -0.39 is 0 Å². The van der Waals surface area contributed by atoms with Gasteiger partial charge in [0.15, 0.2) is 0 Å². The number of amides is 2. The van der Waals surface area contributed by atoms with E-state index in [-0.39, 0.29) is 18.7 Å². The van der Waals surface area contributed by atoms with Gasteiger partial charge in [-0.3, -0.25) is 0 Å². The van der Waals surface area contributed by atoms with Gasteiger partial charge >= 0.3 is 6.03 Å². The van der Waals surface area contributed by atoms with Gasteiger partial charge in [0.25, 0.3) is 0 Å². The largest absolute Gasteiger partial charge is 0.396 e. The molecule has 0 aromatic carbocycles. The molecule has 0 radical (unpaired) electrons. The maximum atomic E-state index is 11.6. The normalized spacial score (nSPS) is 31.3. The van der Waals surface area contributed by atoms with Crippen LogP contribution in [0.5, 0.6) is 0 Å². The number of urea groups is 1. The maximum absolute atomic E-state index is 11.6. The Morgan fingerprint density at radius 1 is 1.39 bits per heavy atom. The minimum atomic E-state index is -0.0980. The maximum Gasteiger partial charge on any atom is 0.314 e. The van der Waals surface area contributed by atoms with Crippen molar-refractivity contribution in [1.82, 2.24) is 10.6 Å². The average Bonchev–Trinajstić information content (AvgIpc) is 2.91. The van der Waals surface area contributed by atoms with Crippen LogP contribution < -0.4 is 10.6 Å². The molecule has 18 heavy (non-hydrogen) atoms. The van der Waals surface area contributed by atoms with Crippen molar-refractivity contribution in [1.29, 1.82) is 0 Å². The summed E-state index contributed by atoms with van der Waals surface area (Å²) in [7, 11) is 0. The van der Waals surface area contributed by atoms with Crippen LogP contribution in [0, 0.1) is 17.8 Å². The van der Waals surface area contributed by atoms with Gasteiger partial charge in [0.1, 0.15) is 0 Å². The summed E-state index contributed by atoms with van der Waals surface area (Å²) in [4.78, 5) is 11.6. The fourth-order valence-electron chi connectivity index (χ4n) is 3.64. The molecule has 2 bridgehead atoms. The van der Waals surface area contributed by atoms with Crippen LogP contribution in [0.25, 0.3) is 0 Å². The number of aliphatic hydroxyl groups excluding tert-OH is 1. The molecule has 2 rings (SSSR count). The molecule has 2 saturated carbocycles. The highest BCUT2D eigenvalue weighted by molar-refractivity contribution is 5.74. The summed E-state index contributed by atoms with van der Waals surface area (Å²) in [6, 6.07) is -0.0587. The molecular formula is C14H26N2O2. The molecule has 2 fully saturated rings. The molecule has 0 aromatic rings. The summed E-state index contributed by atoms with van der Waals surface area (Å²) in [6.45, 7) is 2.81. The molecule has 4 atom stereocenters. The molecule has 0 aromatic heterocycles. The van der Waals surface area contributed by atoms with Crippen LogP contribution in [-0.4, -0.2) is 30.3 Å². The first-order valence-corrected chi connectivity index (χ1v) is 7.34. The number of rotatable bonds is 6. The average molecular weight is 254 g/mol. The van der Waals surface area contributed by atoms with Crippen molar-refractivity contribution < 1.29 is 9.90 Å². The van der Waals surface area contributed by atoms with Gasteiger partial charge in [0, 0.05) is 19.2 Å². The predicted octanol–water partition coefficient (Wildman–Crippen LogP) is 1.88. The summed E-state index contributed by atoms with van der Waals surface area (Å²) in [5, 5.41) is 14.5. The van der Waals surface area contributed by atoms with Crippen LogP contribution in [0.4, 0.5) is 4.79 Å². The second-order valence-corrected chi connectivity index (χ2v) is 6.04. The molecular weight excluding hydrogens is 228 g/mol. The highest BCUT2D eigenvalue weighted by Gasteiger charge is 2.38. The SMILES string of the molecule is C[C@H](CCO)NC(=O)NCCC1CC2CCC1C2. The van der Waals surface area contributed by atoms with E-state index in [1.165, 1.54) is 25.7 Å². The van der Waals surface area contributed by atoms with Gasteiger partial charge < -0.3 is 15.7 Å². The van der Waals surface area contributed by atoms with E-state index in [2.05, 4.69) is 10.6 Å². The van der Waals surface area contributed by atoms with Crippen molar-refractivity contribution in [2.75, 3.05) is 13.2 Å².